The number of piperidine rings is 1. The zero-order valence-corrected chi connectivity index (χ0v) is 15.1. The van der Waals surface area contributed by atoms with Gasteiger partial charge in [-0.2, -0.15) is 5.26 Å². The van der Waals surface area contributed by atoms with Crippen LogP contribution in [-0.2, 0) is 4.79 Å². The molecule has 134 valence electrons. The van der Waals surface area contributed by atoms with E-state index >= 15 is 0 Å². The van der Waals surface area contributed by atoms with Crippen molar-refractivity contribution in [2.45, 2.75) is 38.6 Å². The number of likely N-dealkylation sites (tertiary alicyclic amines) is 1. The quantitative estimate of drug-likeness (QED) is 0.805. The van der Waals surface area contributed by atoms with Gasteiger partial charge in [0.1, 0.15) is 5.75 Å². The van der Waals surface area contributed by atoms with E-state index in [9.17, 15) is 4.79 Å². The molecule has 4 heteroatoms. The highest BCUT2D eigenvalue weighted by Crippen LogP contribution is 2.23. The van der Waals surface area contributed by atoms with Crippen LogP contribution in [0.2, 0.25) is 0 Å². The molecule has 2 aromatic carbocycles. The lowest BCUT2D eigenvalue weighted by Gasteiger charge is -2.35. The van der Waals surface area contributed by atoms with Crippen molar-refractivity contribution in [2.24, 2.45) is 0 Å². The Morgan fingerprint density at radius 1 is 1.12 bits per heavy atom. The van der Waals surface area contributed by atoms with Crippen molar-refractivity contribution in [3.05, 3.63) is 54.1 Å². The maximum Gasteiger partial charge on any atom is 0.260 e. The van der Waals surface area contributed by atoms with E-state index in [-0.39, 0.29) is 12.5 Å². The Bertz CT molecular complexity index is 775. The number of carbonyl (C=O) groups excluding carboxylic acids is 1. The van der Waals surface area contributed by atoms with E-state index in [1.807, 2.05) is 41.3 Å². The van der Waals surface area contributed by atoms with Crippen LogP contribution in [0.25, 0.3) is 11.1 Å². The minimum Gasteiger partial charge on any atom is -0.484 e. The van der Waals surface area contributed by atoms with Crippen molar-refractivity contribution in [1.29, 1.82) is 5.26 Å². The number of nitrogens with zero attached hydrogens (tertiary/aromatic N) is 2. The zero-order chi connectivity index (χ0) is 18.4. The molecule has 1 atom stereocenters. The first-order valence-electron chi connectivity index (χ1n) is 9.24. The molecule has 26 heavy (non-hydrogen) atoms. The van der Waals surface area contributed by atoms with Crippen molar-refractivity contribution in [3.8, 4) is 22.9 Å². The van der Waals surface area contributed by atoms with Crippen molar-refractivity contribution in [1.82, 2.24) is 4.90 Å². The van der Waals surface area contributed by atoms with Crippen LogP contribution in [0.1, 0.15) is 38.2 Å². The predicted octanol–water partition coefficient (Wildman–Crippen LogP) is 4.40. The highest BCUT2D eigenvalue weighted by Gasteiger charge is 2.25. The number of nitriles is 1. The molecule has 3 rings (SSSR count). The van der Waals surface area contributed by atoms with Gasteiger partial charge >= 0.3 is 0 Å². The van der Waals surface area contributed by atoms with Crippen molar-refractivity contribution < 1.29 is 9.53 Å². The Hall–Kier alpha value is -2.80. The van der Waals surface area contributed by atoms with Gasteiger partial charge in [0.15, 0.2) is 6.61 Å². The standard InChI is InChI=1S/C22H24N2O2/c1-2-20-5-3-4-14-24(20)22(25)16-26-21-12-10-19(11-13-21)18-8-6-17(15-23)7-9-18/h6-13,20H,2-5,14,16H2,1H3. The topological polar surface area (TPSA) is 53.3 Å². The number of hydrogen-bond acceptors (Lipinski definition) is 3. The summed E-state index contributed by atoms with van der Waals surface area (Å²) in [6, 6.07) is 17.7. The fourth-order valence-electron chi connectivity index (χ4n) is 3.46. The molecule has 0 radical (unpaired) electrons. The van der Waals surface area contributed by atoms with Crippen LogP contribution in [0.4, 0.5) is 0 Å². The van der Waals surface area contributed by atoms with Gasteiger partial charge in [-0.05, 0) is 61.1 Å². The molecule has 1 amide bonds. The summed E-state index contributed by atoms with van der Waals surface area (Å²) in [5.74, 6) is 0.772. The van der Waals surface area contributed by atoms with Crippen LogP contribution in [0.3, 0.4) is 0 Å². The third kappa shape index (κ3) is 4.23. The van der Waals surface area contributed by atoms with Gasteiger partial charge in [-0.1, -0.05) is 31.2 Å². The molecular weight excluding hydrogens is 324 g/mol. The van der Waals surface area contributed by atoms with Crippen LogP contribution in [0.15, 0.2) is 48.5 Å². The molecule has 1 fully saturated rings. The minimum absolute atomic E-state index is 0.0766. The molecule has 1 aliphatic heterocycles. The first-order chi connectivity index (χ1) is 12.7. The fraction of sp³-hybridized carbons (Fsp3) is 0.364. The molecule has 0 N–H and O–H groups in total. The second kappa shape index (κ2) is 8.53. The molecule has 0 aliphatic carbocycles. The van der Waals surface area contributed by atoms with E-state index in [1.54, 1.807) is 12.1 Å². The molecule has 1 aliphatic rings. The van der Waals surface area contributed by atoms with Crippen LogP contribution in [-0.4, -0.2) is 30.0 Å². The van der Waals surface area contributed by atoms with Gasteiger partial charge < -0.3 is 9.64 Å². The molecule has 0 aromatic heterocycles. The summed E-state index contributed by atoms with van der Waals surface area (Å²) < 4.78 is 5.71. The summed E-state index contributed by atoms with van der Waals surface area (Å²) in [6.07, 6.45) is 4.40. The molecule has 0 bridgehead atoms. The molecule has 0 saturated carbocycles. The summed E-state index contributed by atoms with van der Waals surface area (Å²) >= 11 is 0. The molecule has 1 saturated heterocycles. The van der Waals surface area contributed by atoms with Gasteiger partial charge in [0.25, 0.3) is 5.91 Å². The van der Waals surface area contributed by atoms with E-state index in [2.05, 4.69) is 13.0 Å². The van der Waals surface area contributed by atoms with Gasteiger partial charge in [0, 0.05) is 12.6 Å². The van der Waals surface area contributed by atoms with Gasteiger partial charge in [-0.15, -0.1) is 0 Å². The Kier molecular flexibility index (Phi) is 5.91. The van der Waals surface area contributed by atoms with E-state index < -0.39 is 0 Å². The third-order valence-corrected chi connectivity index (χ3v) is 4.98. The summed E-state index contributed by atoms with van der Waals surface area (Å²) in [7, 11) is 0. The summed E-state index contributed by atoms with van der Waals surface area (Å²) in [4.78, 5) is 14.4. The maximum absolute atomic E-state index is 12.5. The summed E-state index contributed by atoms with van der Waals surface area (Å²) in [6.45, 7) is 3.07. The second-order valence-corrected chi connectivity index (χ2v) is 6.65. The fourth-order valence-corrected chi connectivity index (χ4v) is 3.46. The van der Waals surface area contributed by atoms with Crippen molar-refractivity contribution in [3.63, 3.8) is 0 Å². The Balaban J connectivity index is 1.58. The molecular formula is C22H24N2O2. The Morgan fingerprint density at radius 3 is 2.38 bits per heavy atom. The number of benzene rings is 2. The number of hydrogen-bond donors (Lipinski definition) is 0. The zero-order valence-electron chi connectivity index (χ0n) is 15.1. The second-order valence-electron chi connectivity index (χ2n) is 6.65. The number of rotatable bonds is 5. The Labute approximate surface area is 155 Å². The smallest absolute Gasteiger partial charge is 0.260 e. The molecule has 4 nitrogen and oxygen atoms in total. The highest BCUT2D eigenvalue weighted by atomic mass is 16.5. The van der Waals surface area contributed by atoms with Gasteiger partial charge in [0.05, 0.1) is 11.6 Å². The van der Waals surface area contributed by atoms with Gasteiger partial charge in [0.2, 0.25) is 0 Å². The van der Waals surface area contributed by atoms with Crippen LogP contribution < -0.4 is 4.74 Å². The van der Waals surface area contributed by atoms with Crippen molar-refractivity contribution in [2.75, 3.05) is 13.2 Å². The number of amides is 1. The monoisotopic (exact) mass is 348 g/mol. The number of ether oxygens (including phenoxy) is 1. The molecule has 2 aromatic rings. The largest absolute Gasteiger partial charge is 0.484 e. The SMILES string of the molecule is CCC1CCCCN1C(=O)COc1ccc(-c2ccc(C#N)cc2)cc1. The average molecular weight is 348 g/mol. The molecule has 0 spiro atoms. The van der Waals surface area contributed by atoms with Crippen LogP contribution in [0, 0.1) is 11.3 Å². The normalized spacial score (nSPS) is 16.8. The summed E-state index contributed by atoms with van der Waals surface area (Å²) in [5, 5.41) is 8.87. The average Bonchev–Trinajstić information content (AvgIpc) is 2.72. The lowest BCUT2D eigenvalue weighted by molar-refractivity contribution is -0.137. The Morgan fingerprint density at radius 2 is 1.77 bits per heavy atom. The van der Waals surface area contributed by atoms with E-state index in [0.717, 1.165) is 36.9 Å². The lowest BCUT2D eigenvalue weighted by Crippen LogP contribution is -2.45. The first-order valence-corrected chi connectivity index (χ1v) is 9.24. The van der Waals surface area contributed by atoms with E-state index in [1.165, 1.54) is 6.42 Å². The van der Waals surface area contributed by atoms with Crippen LogP contribution >= 0.6 is 0 Å². The van der Waals surface area contributed by atoms with Crippen LogP contribution in [0.5, 0.6) is 5.75 Å². The van der Waals surface area contributed by atoms with E-state index in [0.29, 0.717) is 17.4 Å². The maximum atomic E-state index is 12.5. The van der Waals surface area contributed by atoms with Crippen molar-refractivity contribution >= 4 is 5.91 Å². The molecule has 1 unspecified atom stereocenters. The predicted molar refractivity (Wildman–Crippen MR) is 102 cm³/mol. The van der Waals surface area contributed by atoms with E-state index in [4.69, 9.17) is 10.00 Å². The first kappa shape index (κ1) is 18.0. The van der Waals surface area contributed by atoms with Gasteiger partial charge in [-0.3, -0.25) is 4.79 Å². The van der Waals surface area contributed by atoms with Gasteiger partial charge in [-0.25, -0.2) is 0 Å². The summed E-state index contributed by atoms with van der Waals surface area (Å²) in [5.41, 5.74) is 2.75. The lowest BCUT2D eigenvalue weighted by atomic mass is 10.00. The number of carbonyl (C=O) groups is 1. The third-order valence-electron chi connectivity index (χ3n) is 4.98. The molecule has 1 heterocycles. The highest BCUT2D eigenvalue weighted by molar-refractivity contribution is 5.78. The minimum atomic E-state index is 0.0766.